The van der Waals surface area contributed by atoms with Gasteiger partial charge in [-0.05, 0) is 17.7 Å². The van der Waals surface area contributed by atoms with E-state index < -0.39 is 11.6 Å². The summed E-state index contributed by atoms with van der Waals surface area (Å²) < 4.78 is 13.0. The first-order valence-electron chi connectivity index (χ1n) is 8.66. The number of hydrogen-bond donors (Lipinski definition) is 2. The van der Waals surface area contributed by atoms with Gasteiger partial charge in [0.25, 0.3) is 5.91 Å². The Labute approximate surface area is 154 Å². The third-order valence-electron chi connectivity index (χ3n) is 4.87. The number of benzene rings is 1. The van der Waals surface area contributed by atoms with E-state index in [0.29, 0.717) is 5.56 Å². The summed E-state index contributed by atoms with van der Waals surface area (Å²) in [5.74, 6) is -2.26. The smallest absolute Gasteiger partial charge is 0.335 e. The van der Waals surface area contributed by atoms with E-state index in [1.54, 1.807) is 12.1 Å². The number of hydrogen-bond acceptors (Lipinski definition) is 5. The van der Waals surface area contributed by atoms with Crippen LogP contribution in [0.2, 0.25) is 0 Å². The molecule has 144 valence electrons. The lowest BCUT2D eigenvalue weighted by molar-refractivity contribution is -0.164. The van der Waals surface area contributed by atoms with Gasteiger partial charge in [0.05, 0.1) is 6.54 Å². The summed E-state index contributed by atoms with van der Waals surface area (Å²) in [6.07, 6.45) is 0.231. The van der Waals surface area contributed by atoms with Gasteiger partial charge in [-0.25, -0.2) is 14.2 Å². The molecule has 0 bridgehead atoms. The van der Waals surface area contributed by atoms with Gasteiger partial charge in [-0.2, -0.15) is 5.10 Å². The fraction of sp³-hybridized carbons (Fsp3) is 0.444. The lowest BCUT2D eigenvalue weighted by Crippen LogP contribution is -2.52. The highest BCUT2D eigenvalue weighted by Crippen LogP contribution is 2.23. The van der Waals surface area contributed by atoms with E-state index in [4.69, 9.17) is 5.11 Å². The van der Waals surface area contributed by atoms with Crippen molar-refractivity contribution in [1.29, 1.82) is 0 Å². The normalized spacial score (nSPS) is 19.6. The second-order valence-electron chi connectivity index (χ2n) is 6.75. The molecule has 9 heteroatoms. The Balaban J connectivity index is 1.68. The first-order chi connectivity index (χ1) is 12.8. The summed E-state index contributed by atoms with van der Waals surface area (Å²) in [6.45, 7) is 0.341. The largest absolute Gasteiger partial charge is 0.479 e. The monoisotopic (exact) mass is 377 g/mol. The summed E-state index contributed by atoms with van der Waals surface area (Å²) in [5.41, 5.74) is -0.903. The van der Waals surface area contributed by atoms with E-state index in [2.05, 4.69) is 5.10 Å². The number of amides is 2. The number of carboxylic acids is 1. The Morgan fingerprint density at radius 3 is 2.37 bits per heavy atom. The Morgan fingerprint density at radius 2 is 1.78 bits per heavy atom. The Morgan fingerprint density at radius 1 is 1.15 bits per heavy atom. The highest BCUT2D eigenvalue weighted by molar-refractivity contribution is 6.39. The second kappa shape index (κ2) is 7.43. The van der Waals surface area contributed by atoms with Crippen molar-refractivity contribution in [3.05, 3.63) is 35.6 Å². The number of carbonyl (C=O) groups is 3. The van der Waals surface area contributed by atoms with Crippen LogP contribution in [-0.4, -0.2) is 62.3 Å². The molecule has 1 aromatic carbocycles. The molecule has 2 amide bonds. The van der Waals surface area contributed by atoms with E-state index in [1.165, 1.54) is 22.0 Å². The van der Waals surface area contributed by atoms with E-state index in [-0.39, 0.29) is 68.7 Å². The fourth-order valence-corrected chi connectivity index (χ4v) is 3.12. The number of halogens is 1. The van der Waals surface area contributed by atoms with Crippen LogP contribution in [0.3, 0.4) is 0 Å². The van der Waals surface area contributed by atoms with Gasteiger partial charge >= 0.3 is 5.97 Å². The minimum atomic E-state index is -1.81. The Bertz CT molecular complexity index is 785. The van der Waals surface area contributed by atoms with Crippen molar-refractivity contribution < 1.29 is 29.0 Å². The van der Waals surface area contributed by atoms with Crippen LogP contribution in [0, 0.1) is 5.82 Å². The summed E-state index contributed by atoms with van der Waals surface area (Å²) >= 11 is 0. The summed E-state index contributed by atoms with van der Waals surface area (Å²) in [7, 11) is 0. The van der Waals surface area contributed by atoms with Gasteiger partial charge in [-0.1, -0.05) is 12.1 Å². The molecular formula is C18H20FN3O5. The molecule has 3 rings (SSSR count). The molecule has 2 aliphatic heterocycles. The highest BCUT2D eigenvalue weighted by atomic mass is 19.1. The van der Waals surface area contributed by atoms with Crippen LogP contribution >= 0.6 is 0 Å². The molecule has 0 unspecified atom stereocenters. The van der Waals surface area contributed by atoms with Crippen LogP contribution in [0.15, 0.2) is 29.4 Å². The number of carbonyl (C=O) groups excluding carboxylic acids is 2. The van der Waals surface area contributed by atoms with E-state index in [1.807, 2.05) is 0 Å². The lowest BCUT2D eigenvalue weighted by atomic mass is 9.91. The number of rotatable bonds is 4. The van der Waals surface area contributed by atoms with Crippen LogP contribution in [0.1, 0.15) is 31.2 Å². The molecule has 1 fully saturated rings. The van der Waals surface area contributed by atoms with Gasteiger partial charge < -0.3 is 15.1 Å². The number of aliphatic carboxylic acids is 1. The molecule has 27 heavy (non-hydrogen) atoms. The molecular weight excluding hydrogens is 357 g/mol. The maximum atomic E-state index is 13.0. The van der Waals surface area contributed by atoms with Gasteiger partial charge in [0.1, 0.15) is 11.5 Å². The molecule has 0 aromatic heterocycles. The van der Waals surface area contributed by atoms with Crippen molar-refractivity contribution in [3.8, 4) is 0 Å². The van der Waals surface area contributed by atoms with Crippen LogP contribution in [-0.2, 0) is 20.9 Å². The minimum Gasteiger partial charge on any atom is -0.479 e. The van der Waals surface area contributed by atoms with Crippen molar-refractivity contribution >= 4 is 23.5 Å². The molecule has 8 nitrogen and oxygen atoms in total. The fourth-order valence-electron chi connectivity index (χ4n) is 3.12. The van der Waals surface area contributed by atoms with Gasteiger partial charge in [0.15, 0.2) is 5.60 Å². The van der Waals surface area contributed by atoms with Crippen LogP contribution < -0.4 is 0 Å². The van der Waals surface area contributed by atoms with E-state index in [0.717, 1.165) is 0 Å². The molecule has 2 aliphatic rings. The molecule has 0 radical (unpaired) electrons. The standard InChI is InChI=1S/C18H20FN3O5/c19-13-3-1-12(2-4-13)11-22-15(23)6-5-14(20-22)16(24)21-9-7-18(27,8-10-21)17(25)26/h1-4,27H,5-11H2,(H,25,26). The average molecular weight is 377 g/mol. The van der Waals surface area contributed by atoms with Crippen molar-refractivity contribution in [3.63, 3.8) is 0 Å². The SMILES string of the molecule is O=C(C1=NN(Cc2ccc(F)cc2)C(=O)CC1)N1CCC(O)(C(=O)O)CC1. The number of aliphatic hydroxyl groups is 1. The van der Waals surface area contributed by atoms with Crippen LogP contribution in [0.5, 0.6) is 0 Å². The lowest BCUT2D eigenvalue weighted by Gasteiger charge is -2.36. The van der Waals surface area contributed by atoms with Crippen molar-refractivity contribution in [2.45, 2.75) is 37.8 Å². The minimum absolute atomic E-state index is 0.0560. The maximum absolute atomic E-state index is 13.0. The maximum Gasteiger partial charge on any atom is 0.335 e. The van der Waals surface area contributed by atoms with Gasteiger partial charge in [0.2, 0.25) is 5.91 Å². The van der Waals surface area contributed by atoms with Crippen molar-refractivity contribution in [2.24, 2.45) is 5.10 Å². The number of nitrogens with zero attached hydrogens (tertiary/aromatic N) is 3. The zero-order valence-electron chi connectivity index (χ0n) is 14.6. The molecule has 1 saturated heterocycles. The molecule has 0 saturated carbocycles. The Hall–Kier alpha value is -2.81. The first-order valence-corrected chi connectivity index (χ1v) is 8.66. The topological polar surface area (TPSA) is 111 Å². The predicted molar refractivity (Wildman–Crippen MR) is 92.0 cm³/mol. The average Bonchev–Trinajstić information content (AvgIpc) is 2.65. The van der Waals surface area contributed by atoms with Gasteiger partial charge in [-0.3, -0.25) is 9.59 Å². The molecule has 2 N–H and O–H groups in total. The molecule has 1 aromatic rings. The van der Waals surface area contributed by atoms with Crippen molar-refractivity contribution in [1.82, 2.24) is 9.91 Å². The van der Waals surface area contributed by atoms with E-state index in [9.17, 15) is 23.9 Å². The zero-order chi connectivity index (χ0) is 19.6. The first kappa shape index (κ1) is 19.0. The number of hydrazone groups is 1. The Kier molecular flexibility index (Phi) is 5.22. The zero-order valence-corrected chi connectivity index (χ0v) is 14.6. The van der Waals surface area contributed by atoms with Gasteiger partial charge in [-0.15, -0.1) is 0 Å². The quantitative estimate of drug-likeness (QED) is 0.804. The highest BCUT2D eigenvalue weighted by Gasteiger charge is 2.41. The number of likely N-dealkylation sites (tertiary alicyclic amines) is 1. The van der Waals surface area contributed by atoms with Crippen LogP contribution in [0.4, 0.5) is 4.39 Å². The molecule has 2 heterocycles. The van der Waals surface area contributed by atoms with Gasteiger partial charge in [0, 0.05) is 38.8 Å². The third kappa shape index (κ3) is 4.13. The predicted octanol–water partition coefficient (Wildman–Crippen LogP) is 0.742. The molecule has 0 aliphatic carbocycles. The van der Waals surface area contributed by atoms with E-state index >= 15 is 0 Å². The summed E-state index contributed by atoms with van der Waals surface area (Å²) in [6, 6.07) is 5.67. The second-order valence-corrected chi connectivity index (χ2v) is 6.75. The number of piperidine rings is 1. The molecule has 0 spiro atoms. The van der Waals surface area contributed by atoms with Crippen molar-refractivity contribution in [2.75, 3.05) is 13.1 Å². The summed E-state index contributed by atoms with van der Waals surface area (Å²) in [5, 5.41) is 24.4. The summed E-state index contributed by atoms with van der Waals surface area (Å²) in [4.78, 5) is 37.3. The number of carboxylic acid groups (broad SMARTS) is 1. The van der Waals surface area contributed by atoms with Crippen LogP contribution in [0.25, 0.3) is 0 Å². The molecule has 0 atom stereocenters. The third-order valence-corrected chi connectivity index (χ3v) is 4.87.